The van der Waals surface area contributed by atoms with E-state index in [9.17, 15) is 24.0 Å². The van der Waals surface area contributed by atoms with Gasteiger partial charge >= 0.3 is 18.1 Å². The van der Waals surface area contributed by atoms with E-state index in [2.05, 4.69) is 25.0 Å². The predicted molar refractivity (Wildman–Crippen MR) is 119 cm³/mol. The van der Waals surface area contributed by atoms with E-state index in [0.29, 0.717) is 5.75 Å². The molecule has 1 aromatic rings. The Bertz CT molecular complexity index is 1060. The van der Waals surface area contributed by atoms with E-state index < -0.39 is 54.2 Å². The number of rotatable bonds is 10. The van der Waals surface area contributed by atoms with Gasteiger partial charge in [-0.1, -0.05) is 5.16 Å². The molecule has 2 aliphatic rings. The molecule has 3 rings (SSSR count). The van der Waals surface area contributed by atoms with Crippen LogP contribution in [0.4, 0.5) is 4.79 Å². The summed E-state index contributed by atoms with van der Waals surface area (Å²) in [4.78, 5) is 70.0. The summed E-state index contributed by atoms with van der Waals surface area (Å²) < 4.78 is 14.5. The van der Waals surface area contributed by atoms with Crippen LogP contribution < -0.4 is 5.32 Å². The summed E-state index contributed by atoms with van der Waals surface area (Å²) in [7, 11) is 0. The van der Waals surface area contributed by atoms with Crippen molar-refractivity contribution in [1.82, 2.24) is 15.2 Å². The first-order valence-electron chi connectivity index (χ1n) is 10.0. The van der Waals surface area contributed by atoms with E-state index in [1.165, 1.54) is 51.9 Å². The quantitative estimate of drug-likeness (QED) is 0.139. The fraction of sp³-hybridized carbons (Fsp3) is 0.421. The van der Waals surface area contributed by atoms with Gasteiger partial charge in [-0.3, -0.25) is 14.5 Å². The summed E-state index contributed by atoms with van der Waals surface area (Å²) in [5.41, 5.74) is 1.22. The number of aliphatic carboxylic acids is 1. The second-order valence-corrected chi connectivity index (χ2v) is 8.60. The fourth-order valence-corrected chi connectivity index (χ4v) is 4.68. The van der Waals surface area contributed by atoms with Crippen LogP contribution >= 0.6 is 23.1 Å². The Balaban J connectivity index is 1.64. The Kier molecular flexibility index (Phi) is 8.64. The molecule has 2 unspecified atom stereocenters. The van der Waals surface area contributed by atoms with Gasteiger partial charge in [-0.15, -0.1) is 23.1 Å². The minimum Gasteiger partial charge on any atom is -0.479 e. The number of thioether (sulfide) groups is 1. The van der Waals surface area contributed by atoms with Crippen LogP contribution in [0, 0.1) is 0 Å². The highest BCUT2D eigenvalue weighted by atomic mass is 32.2. The molecule has 3 heterocycles. The Labute approximate surface area is 206 Å². The molecule has 0 bridgehead atoms. The molecule has 14 nitrogen and oxygen atoms in total. The molecule has 0 aromatic carbocycles. The predicted octanol–water partition coefficient (Wildman–Crippen LogP) is 0.295. The third-order valence-electron chi connectivity index (χ3n) is 4.37. The van der Waals surface area contributed by atoms with Gasteiger partial charge in [-0.2, -0.15) is 0 Å². The van der Waals surface area contributed by atoms with Crippen molar-refractivity contribution < 1.29 is 48.1 Å². The molecule has 188 valence electrons. The first-order valence-corrected chi connectivity index (χ1v) is 12.0. The number of fused-ring (bicyclic) bond motifs is 1. The van der Waals surface area contributed by atoms with Crippen molar-refractivity contribution in [1.29, 1.82) is 0 Å². The zero-order valence-electron chi connectivity index (χ0n) is 18.4. The number of carbonyl (C=O) groups is 5. The maximum atomic E-state index is 12.8. The molecule has 35 heavy (non-hydrogen) atoms. The van der Waals surface area contributed by atoms with Crippen LogP contribution in [0.5, 0.6) is 0 Å². The number of carboxylic acid groups (broad SMARTS) is 1. The minimum absolute atomic E-state index is 0.0539. The maximum absolute atomic E-state index is 12.8. The average molecular weight is 529 g/mol. The second kappa shape index (κ2) is 11.7. The summed E-state index contributed by atoms with van der Waals surface area (Å²) in [5.74, 6) is -3.23. The number of nitrogens with one attached hydrogen (secondary N) is 1. The molecule has 2 aliphatic heterocycles. The number of hydrogen-bond donors (Lipinski definition) is 2. The van der Waals surface area contributed by atoms with Crippen LogP contribution in [-0.2, 0) is 38.2 Å². The number of hydrogen-bond acceptors (Lipinski definition) is 13. The number of ether oxygens (including phenoxy) is 3. The maximum Gasteiger partial charge on any atom is 0.511 e. The fourth-order valence-electron chi connectivity index (χ4n) is 2.95. The zero-order chi connectivity index (χ0) is 25.5. The van der Waals surface area contributed by atoms with Crippen LogP contribution in [-0.4, -0.2) is 87.3 Å². The number of β-lactam (4-membered cyclic amide) rings is 1. The van der Waals surface area contributed by atoms with Crippen LogP contribution in [0.1, 0.15) is 19.5 Å². The first-order chi connectivity index (χ1) is 16.7. The molecule has 0 aliphatic carbocycles. The molecule has 2 N–H and O–H groups in total. The van der Waals surface area contributed by atoms with Crippen molar-refractivity contribution in [2.24, 2.45) is 5.16 Å². The number of amides is 2. The Hall–Kier alpha value is -3.66. The minimum atomic E-state index is -1.29. The van der Waals surface area contributed by atoms with E-state index in [1.807, 2.05) is 0 Å². The van der Waals surface area contributed by atoms with Crippen LogP contribution in [0.2, 0.25) is 0 Å². The van der Waals surface area contributed by atoms with Gasteiger partial charge in [0.05, 0.1) is 12.1 Å². The van der Waals surface area contributed by atoms with Crippen molar-refractivity contribution in [3.05, 3.63) is 28.4 Å². The topological polar surface area (TPSA) is 183 Å². The van der Waals surface area contributed by atoms with Gasteiger partial charge < -0.3 is 29.5 Å². The second-order valence-electron chi connectivity index (χ2n) is 6.73. The largest absolute Gasteiger partial charge is 0.511 e. The summed E-state index contributed by atoms with van der Waals surface area (Å²) in [6.07, 6.45) is -0.782. The van der Waals surface area contributed by atoms with E-state index in [4.69, 9.17) is 14.6 Å². The van der Waals surface area contributed by atoms with Gasteiger partial charge in [-0.25, -0.2) is 19.4 Å². The molecule has 1 saturated heterocycles. The number of aromatic nitrogens is 1. The van der Waals surface area contributed by atoms with Crippen molar-refractivity contribution >= 4 is 58.7 Å². The van der Waals surface area contributed by atoms with Crippen molar-refractivity contribution in [2.45, 2.75) is 31.6 Å². The highest BCUT2D eigenvalue weighted by Crippen LogP contribution is 2.38. The van der Waals surface area contributed by atoms with E-state index >= 15 is 0 Å². The van der Waals surface area contributed by atoms with Gasteiger partial charge in [0, 0.05) is 18.1 Å². The molecule has 1 aromatic heterocycles. The third kappa shape index (κ3) is 6.27. The Morgan fingerprint density at radius 1 is 1.34 bits per heavy atom. The van der Waals surface area contributed by atoms with Gasteiger partial charge in [0.25, 0.3) is 11.8 Å². The average Bonchev–Trinajstić information content (AvgIpc) is 3.33. The third-order valence-corrected chi connectivity index (χ3v) is 6.14. The van der Waals surface area contributed by atoms with Crippen LogP contribution in [0.25, 0.3) is 0 Å². The Morgan fingerprint density at radius 3 is 2.77 bits per heavy atom. The number of carboxylic acids is 1. The van der Waals surface area contributed by atoms with Crippen molar-refractivity contribution in [3.63, 3.8) is 0 Å². The molecule has 0 spiro atoms. The van der Waals surface area contributed by atoms with E-state index in [1.54, 1.807) is 6.92 Å². The Morgan fingerprint density at radius 2 is 2.11 bits per heavy atom. The monoisotopic (exact) mass is 528 g/mol. The van der Waals surface area contributed by atoms with Crippen LogP contribution in [0.15, 0.2) is 27.8 Å². The standard InChI is InChI=1S/C19H20N4O10S2/c1-3-30-19(29)33-9(2)32-18(28)11-4-5-35-17-14(16(27)23(11)17)21-15(26)13(10-7-34-8-20-10)22-31-6-12(24)25/h4,7-9,14,17H,3,5-6H2,1-2H3,(H,21,26)(H,24,25)/b22-13-/t9?,14?,17-/m1/s1. The highest BCUT2D eigenvalue weighted by Gasteiger charge is 2.53. The lowest BCUT2D eigenvalue weighted by Crippen LogP contribution is -2.70. The molecule has 16 heteroatoms. The lowest BCUT2D eigenvalue weighted by molar-refractivity contribution is -0.168. The molecule has 2 amide bonds. The van der Waals surface area contributed by atoms with Crippen LogP contribution in [0.3, 0.4) is 0 Å². The molecule has 3 atom stereocenters. The smallest absolute Gasteiger partial charge is 0.479 e. The lowest BCUT2D eigenvalue weighted by Gasteiger charge is -2.48. The van der Waals surface area contributed by atoms with Crippen molar-refractivity contribution in [2.75, 3.05) is 19.0 Å². The summed E-state index contributed by atoms with van der Waals surface area (Å²) >= 11 is 2.47. The normalized spacial score (nSPS) is 19.9. The van der Waals surface area contributed by atoms with Gasteiger partial charge in [0.1, 0.15) is 22.8 Å². The van der Waals surface area contributed by atoms with E-state index in [-0.39, 0.29) is 23.7 Å². The van der Waals surface area contributed by atoms with Gasteiger partial charge in [-0.05, 0) is 13.0 Å². The molecule has 0 saturated carbocycles. The summed E-state index contributed by atoms with van der Waals surface area (Å²) in [5, 5.41) is 15.7. The SMILES string of the molecule is CCOC(=O)OC(C)OC(=O)C1=CCS[C@@H]2C(NC(=O)/C(=N\OCC(=O)O)c3cscn3)C(=O)N12. The summed E-state index contributed by atoms with van der Waals surface area (Å²) in [6, 6.07) is -1.000. The first kappa shape index (κ1) is 26.0. The van der Waals surface area contributed by atoms with Crippen molar-refractivity contribution in [3.8, 4) is 0 Å². The summed E-state index contributed by atoms with van der Waals surface area (Å²) in [6.45, 7) is 2.21. The van der Waals surface area contributed by atoms with Gasteiger partial charge in [0.2, 0.25) is 12.9 Å². The molecule has 1 fully saturated rings. The number of carbonyl (C=O) groups excluding carboxylic acids is 4. The molecular formula is C19H20N4O10S2. The molecule has 0 radical (unpaired) electrons. The van der Waals surface area contributed by atoms with Gasteiger partial charge in [0.15, 0.2) is 5.71 Å². The highest BCUT2D eigenvalue weighted by molar-refractivity contribution is 8.00. The lowest BCUT2D eigenvalue weighted by atomic mass is 10.0. The number of esters is 1. The number of thiazole rings is 1. The molecular weight excluding hydrogens is 508 g/mol. The number of nitrogens with zero attached hydrogens (tertiary/aromatic N) is 3. The van der Waals surface area contributed by atoms with E-state index in [0.717, 1.165) is 0 Å². The number of oxime groups is 1. The zero-order valence-corrected chi connectivity index (χ0v) is 20.0.